The van der Waals surface area contributed by atoms with Crippen molar-refractivity contribution in [2.24, 2.45) is 5.92 Å². The van der Waals surface area contributed by atoms with Gasteiger partial charge in [-0.1, -0.05) is 66.2 Å². The van der Waals surface area contributed by atoms with Crippen LogP contribution in [0.3, 0.4) is 0 Å². The fourth-order valence-electron chi connectivity index (χ4n) is 0.653. The third-order valence-electron chi connectivity index (χ3n) is 1.52. The van der Waals surface area contributed by atoms with E-state index >= 15 is 0 Å². The van der Waals surface area contributed by atoms with Crippen molar-refractivity contribution < 1.29 is 0 Å². The molecule has 0 aliphatic heterocycles. The lowest BCUT2D eigenvalue weighted by atomic mass is 10.1. The Morgan fingerprint density at radius 1 is 1.00 bits per heavy atom. The average Bonchev–Trinajstić information content (AvgIpc) is 2.50. The molecule has 114 valence electrons. The third-order valence-corrected chi connectivity index (χ3v) is 1.52. The summed E-state index contributed by atoms with van der Waals surface area (Å²) < 4.78 is 0. The lowest BCUT2D eigenvalue weighted by Crippen LogP contribution is -1.80. The van der Waals surface area contributed by atoms with Crippen molar-refractivity contribution in [1.82, 2.24) is 0 Å². The van der Waals surface area contributed by atoms with Crippen LogP contribution in [0.25, 0.3) is 0 Å². The largest absolute Gasteiger partial charge is 0.124 e. The van der Waals surface area contributed by atoms with Crippen LogP contribution in [0.15, 0.2) is 38.0 Å². The SMILES string of the molecule is C#C.C=C.C=CCC.CC.CCC/C=C/CC(C)C. The molecule has 0 nitrogen and oxygen atoms in total. The Labute approximate surface area is 124 Å². The standard InChI is InChI=1S/C9H18.C4H8.C2H6.C2H4.C2H2/c1-4-5-6-7-8-9(2)3;1-3-4-2;3*1-2/h6-7,9H,4-5,8H2,1-3H3;3H,1,4H2,2H3;1-2H3;1-2H2;1-2H/b7-6+;;;;. The zero-order valence-corrected chi connectivity index (χ0v) is 14.4. The van der Waals surface area contributed by atoms with Gasteiger partial charge in [0, 0.05) is 0 Å². The Bertz CT molecular complexity index is 149. The number of hydrogen-bond donors (Lipinski definition) is 0. The summed E-state index contributed by atoms with van der Waals surface area (Å²) in [6.45, 7) is 22.2. The van der Waals surface area contributed by atoms with Gasteiger partial charge in [-0.15, -0.1) is 32.6 Å². The lowest BCUT2D eigenvalue weighted by molar-refractivity contribution is 0.662. The number of unbranched alkanes of at least 4 members (excludes halogenated alkanes) is 1. The maximum atomic E-state index is 4.00. The van der Waals surface area contributed by atoms with Gasteiger partial charge in [-0.3, -0.25) is 0 Å². The molecule has 0 aliphatic carbocycles. The van der Waals surface area contributed by atoms with Crippen LogP contribution < -0.4 is 0 Å². The van der Waals surface area contributed by atoms with Crippen molar-refractivity contribution in [2.45, 2.75) is 67.2 Å². The first kappa shape index (κ1) is 30.7. The highest BCUT2D eigenvalue weighted by atomic mass is 13.9. The normalized spacial score (nSPS) is 7.42. The van der Waals surface area contributed by atoms with Crippen molar-refractivity contribution in [3.05, 3.63) is 38.0 Å². The molecule has 0 aliphatic rings. The van der Waals surface area contributed by atoms with E-state index in [0.717, 1.165) is 12.3 Å². The van der Waals surface area contributed by atoms with Gasteiger partial charge in [0.15, 0.2) is 0 Å². The molecular formula is C19H38. The smallest absolute Gasteiger partial charge is 0.0327 e. The number of hydrogen-bond acceptors (Lipinski definition) is 0. The molecule has 0 amide bonds. The highest BCUT2D eigenvalue weighted by Gasteiger charge is 1.85. The molecule has 0 bridgehead atoms. The summed E-state index contributed by atoms with van der Waals surface area (Å²) in [7, 11) is 0. The molecule has 0 heterocycles. The van der Waals surface area contributed by atoms with Gasteiger partial charge in [0.05, 0.1) is 0 Å². The van der Waals surface area contributed by atoms with Gasteiger partial charge in [-0.2, -0.15) is 0 Å². The predicted molar refractivity (Wildman–Crippen MR) is 96.5 cm³/mol. The molecule has 0 atom stereocenters. The summed E-state index contributed by atoms with van der Waals surface area (Å²) in [4.78, 5) is 0. The molecule has 0 saturated carbocycles. The van der Waals surface area contributed by atoms with Gasteiger partial charge in [0.1, 0.15) is 0 Å². The van der Waals surface area contributed by atoms with Crippen LogP contribution >= 0.6 is 0 Å². The topological polar surface area (TPSA) is 0 Å². The minimum Gasteiger partial charge on any atom is -0.124 e. The molecule has 0 aromatic carbocycles. The van der Waals surface area contributed by atoms with Crippen LogP contribution in [0.1, 0.15) is 67.2 Å². The van der Waals surface area contributed by atoms with E-state index in [1.807, 2.05) is 19.9 Å². The van der Waals surface area contributed by atoms with Crippen LogP contribution in [0.5, 0.6) is 0 Å². The average molecular weight is 267 g/mol. The van der Waals surface area contributed by atoms with E-state index in [1.54, 1.807) is 0 Å². The van der Waals surface area contributed by atoms with Crippen LogP contribution in [0.4, 0.5) is 0 Å². The molecule has 0 saturated heterocycles. The first-order valence-corrected chi connectivity index (χ1v) is 7.28. The zero-order chi connectivity index (χ0) is 16.5. The fraction of sp³-hybridized carbons (Fsp3) is 0.579. The molecule has 0 radical (unpaired) electrons. The molecule has 0 spiro atoms. The Hall–Kier alpha value is -1.22. The molecule has 0 heteroatoms. The number of allylic oxidation sites excluding steroid dienone is 3. The van der Waals surface area contributed by atoms with Gasteiger partial charge in [0.25, 0.3) is 0 Å². The van der Waals surface area contributed by atoms with Crippen molar-refractivity contribution in [1.29, 1.82) is 0 Å². The summed E-state index contributed by atoms with van der Waals surface area (Å²) in [6.07, 6.45) is 19.3. The lowest BCUT2D eigenvalue weighted by Gasteiger charge is -1.95. The molecule has 0 rings (SSSR count). The molecular weight excluding hydrogens is 228 g/mol. The molecule has 0 aromatic rings. The Morgan fingerprint density at radius 2 is 1.37 bits per heavy atom. The first-order chi connectivity index (χ1) is 9.18. The maximum Gasteiger partial charge on any atom is -0.0327 e. The summed E-state index contributed by atoms with van der Waals surface area (Å²) in [5.41, 5.74) is 0. The van der Waals surface area contributed by atoms with Crippen molar-refractivity contribution >= 4 is 0 Å². The van der Waals surface area contributed by atoms with Crippen molar-refractivity contribution in [3.63, 3.8) is 0 Å². The number of rotatable bonds is 5. The molecule has 0 N–H and O–H groups in total. The maximum absolute atomic E-state index is 4.00. The first-order valence-electron chi connectivity index (χ1n) is 7.28. The summed E-state index contributed by atoms with van der Waals surface area (Å²) in [5.74, 6) is 0.818. The van der Waals surface area contributed by atoms with Gasteiger partial charge in [-0.05, 0) is 25.2 Å². The second-order valence-electron chi connectivity index (χ2n) is 3.59. The third kappa shape index (κ3) is 110. The van der Waals surface area contributed by atoms with E-state index in [1.165, 1.54) is 19.3 Å². The van der Waals surface area contributed by atoms with Gasteiger partial charge in [-0.25, -0.2) is 0 Å². The molecule has 19 heavy (non-hydrogen) atoms. The second kappa shape index (κ2) is 54.2. The van der Waals surface area contributed by atoms with Crippen molar-refractivity contribution in [3.8, 4) is 12.8 Å². The van der Waals surface area contributed by atoms with E-state index in [9.17, 15) is 0 Å². The Kier molecular flexibility index (Phi) is 87.4. The second-order valence-corrected chi connectivity index (χ2v) is 3.59. The molecule has 0 fully saturated rings. The quantitative estimate of drug-likeness (QED) is 0.369. The fourth-order valence-corrected chi connectivity index (χ4v) is 0.653. The van der Waals surface area contributed by atoms with E-state index in [-0.39, 0.29) is 0 Å². The minimum absolute atomic E-state index is 0.818. The highest BCUT2D eigenvalue weighted by molar-refractivity contribution is 4.81. The molecule has 0 aromatic heterocycles. The monoisotopic (exact) mass is 266 g/mol. The number of terminal acetylenes is 1. The minimum atomic E-state index is 0.818. The summed E-state index contributed by atoms with van der Waals surface area (Å²) >= 11 is 0. The summed E-state index contributed by atoms with van der Waals surface area (Å²) in [5, 5.41) is 0. The highest BCUT2D eigenvalue weighted by Crippen LogP contribution is 2.00. The van der Waals surface area contributed by atoms with Gasteiger partial charge < -0.3 is 0 Å². The van der Waals surface area contributed by atoms with Crippen LogP contribution in [-0.4, -0.2) is 0 Å². The van der Waals surface area contributed by atoms with Crippen LogP contribution in [-0.2, 0) is 0 Å². The zero-order valence-electron chi connectivity index (χ0n) is 14.4. The van der Waals surface area contributed by atoms with Gasteiger partial charge >= 0.3 is 0 Å². The van der Waals surface area contributed by atoms with Gasteiger partial charge in [0.2, 0.25) is 0 Å². The van der Waals surface area contributed by atoms with E-state index in [2.05, 4.69) is 72.4 Å². The van der Waals surface area contributed by atoms with Crippen molar-refractivity contribution in [2.75, 3.05) is 0 Å². The van der Waals surface area contributed by atoms with Crippen LogP contribution in [0, 0.1) is 18.8 Å². The Morgan fingerprint density at radius 3 is 1.58 bits per heavy atom. The van der Waals surface area contributed by atoms with E-state index < -0.39 is 0 Å². The summed E-state index contributed by atoms with van der Waals surface area (Å²) in [6, 6.07) is 0. The predicted octanol–water partition coefficient (Wildman–Crippen LogP) is 7.05. The van der Waals surface area contributed by atoms with Crippen LogP contribution in [0.2, 0.25) is 0 Å². The Balaban J connectivity index is -0.0000000549. The molecule has 0 unspecified atom stereocenters. The van der Waals surface area contributed by atoms with E-state index in [0.29, 0.717) is 0 Å². The van der Waals surface area contributed by atoms with E-state index in [4.69, 9.17) is 0 Å².